The van der Waals surface area contributed by atoms with Crippen LogP contribution in [0.3, 0.4) is 0 Å². The molecule has 0 unspecified atom stereocenters. The average Bonchev–Trinajstić information content (AvgIpc) is 2.97. The standard InChI is InChI=1S/C17H18ClN5O2/c1-9(17(2,3)25)22-16(24)11-7-20-15-14(11)23-12(8-21-15)10-4-5-19-13(18)6-10/h4-9,25H,1-3H3,(H,20,21)(H,22,24)/t9-/m0/s1. The highest BCUT2D eigenvalue weighted by Gasteiger charge is 2.25. The summed E-state index contributed by atoms with van der Waals surface area (Å²) in [5.41, 5.74) is 1.62. The van der Waals surface area contributed by atoms with Gasteiger partial charge in [0.1, 0.15) is 10.7 Å². The molecule has 1 atom stereocenters. The van der Waals surface area contributed by atoms with E-state index < -0.39 is 11.6 Å². The first-order chi connectivity index (χ1) is 11.8. The predicted molar refractivity (Wildman–Crippen MR) is 95.4 cm³/mol. The molecule has 3 aromatic rings. The van der Waals surface area contributed by atoms with E-state index in [-0.39, 0.29) is 5.91 Å². The van der Waals surface area contributed by atoms with E-state index in [2.05, 4.69) is 25.3 Å². The molecule has 3 heterocycles. The molecule has 3 aromatic heterocycles. The molecule has 0 spiro atoms. The molecule has 3 rings (SSSR count). The lowest BCUT2D eigenvalue weighted by molar-refractivity contribution is 0.0409. The van der Waals surface area contributed by atoms with Crippen molar-refractivity contribution in [2.75, 3.05) is 0 Å². The van der Waals surface area contributed by atoms with E-state index in [1.165, 1.54) is 0 Å². The van der Waals surface area contributed by atoms with Gasteiger partial charge in [0, 0.05) is 18.0 Å². The van der Waals surface area contributed by atoms with E-state index in [1.54, 1.807) is 51.5 Å². The summed E-state index contributed by atoms with van der Waals surface area (Å²) >= 11 is 5.92. The summed E-state index contributed by atoms with van der Waals surface area (Å²) < 4.78 is 0. The molecule has 0 aliphatic rings. The number of nitrogens with one attached hydrogen (secondary N) is 2. The Hall–Kier alpha value is -2.51. The predicted octanol–water partition coefficient (Wildman–Crippen LogP) is 2.56. The smallest absolute Gasteiger partial charge is 0.255 e. The largest absolute Gasteiger partial charge is 0.388 e. The summed E-state index contributed by atoms with van der Waals surface area (Å²) in [6.45, 7) is 5.01. The number of amides is 1. The van der Waals surface area contributed by atoms with Crippen LogP contribution in [0.4, 0.5) is 0 Å². The number of pyridine rings is 1. The molecule has 25 heavy (non-hydrogen) atoms. The zero-order valence-electron chi connectivity index (χ0n) is 14.0. The summed E-state index contributed by atoms with van der Waals surface area (Å²) in [6, 6.07) is 3.02. The van der Waals surface area contributed by atoms with Crippen molar-refractivity contribution < 1.29 is 9.90 Å². The minimum Gasteiger partial charge on any atom is -0.388 e. The molecule has 0 aromatic carbocycles. The Kier molecular flexibility index (Phi) is 4.45. The van der Waals surface area contributed by atoms with Gasteiger partial charge in [-0.1, -0.05) is 11.6 Å². The summed E-state index contributed by atoms with van der Waals surface area (Å²) in [6.07, 6.45) is 4.74. The Morgan fingerprint density at radius 2 is 2.16 bits per heavy atom. The highest BCUT2D eigenvalue weighted by atomic mass is 35.5. The van der Waals surface area contributed by atoms with Gasteiger partial charge in [0.15, 0.2) is 5.65 Å². The first-order valence-corrected chi connectivity index (χ1v) is 8.13. The summed E-state index contributed by atoms with van der Waals surface area (Å²) in [5.74, 6) is -0.333. The van der Waals surface area contributed by atoms with Crippen molar-refractivity contribution in [1.29, 1.82) is 0 Å². The van der Waals surface area contributed by atoms with E-state index >= 15 is 0 Å². The maximum Gasteiger partial charge on any atom is 0.255 e. The molecule has 0 bridgehead atoms. The van der Waals surface area contributed by atoms with Crippen LogP contribution in [0.1, 0.15) is 31.1 Å². The maximum atomic E-state index is 12.5. The molecule has 3 N–H and O–H groups in total. The third-order valence-electron chi connectivity index (χ3n) is 4.06. The van der Waals surface area contributed by atoms with Gasteiger partial charge in [-0.15, -0.1) is 0 Å². The third-order valence-corrected chi connectivity index (χ3v) is 4.26. The molecular formula is C17H18ClN5O2. The van der Waals surface area contributed by atoms with Crippen LogP contribution in [0.25, 0.3) is 22.4 Å². The van der Waals surface area contributed by atoms with Crippen molar-refractivity contribution in [1.82, 2.24) is 25.3 Å². The number of aromatic nitrogens is 4. The number of hydrogen-bond donors (Lipinski definition) is 3. The average molecular weight is 360 g/mol. The number of rotatable bonds is 4. The number of halogens is 1. The van der Waals surface area contributed by atoms with Crippen molar-refractivity contribution in [2.24, 2.45) is 0 Å². The van der Waals surface area contributed by atoms with Gasteiger partial charge in [0.2, 0.25) is 0 Å². The molecule has 130 valence electrons. The van der Waals surface area contributed by atoms with Gasteiger partial charge in [-0.3, -0.25) is 4.79 Å². The second-order valence-corrected chi connectivity index (χ2v) is 6.76. The normalized spacial score (nSPS) is 13.0. The molecule has 8 heteroatoms. The molecule has 0 aliphatic heterocycles. The Balaban J connectivity index is 1.97. The molecule has 0 saturated carbocycles. The van der Waals surface area contributed by atoms with Crippen LogP contribution >= 0.6 is 11.6 Å². The maximum absolute atomic E-state index is 12.5. The van der Waals surface area contributed by atoms with Gasteiger partial charge in [0.05, 0.1) is 29.1 Å². The Morgan fingerprint density at radius 1 is 1.40 bits per heavy atom. The van der Waals surface area contributed by atoms with E-state index in [4.69, 9.17) is 11.6 Å². The molecule has 7 nitrogen and oxygen atoms in total. The second kappa shape index (κ2) is 6.42. The van der Waals surface area contributed by atoms with E-state index in [0.717, 1.165) is 5.56 Å². The van der Waals surface area contributed by atoms with Crippen LogP contribution in [0.15, 0.2) is 30.7 Å². The van der Waals surface area contributed by atoms with E-state index in [9.17, 15) is 9.90 Å². The minimum atomic E-state index is -1.04. The Bertz CT molecular complexity index is 932. The number of nitrogens with zero attached hydrogens (tertiary/aromatic N) is 3. The zero-order chi connectivity index (χ0) is 18.2. The van der Waals surface area contributed by atoms with Crippen molar-refractivity contribution in [2.45, 2.75) is 32.4 Å². The zero-order valence-corrected chi connectivity index (χ0v) is 14.8. The van der Waals surface area contributed by atoms with Crippen LogP contribution in [-0.2, 0) is 0 Å². The molecule has 0 fully saturated rings. The van der Waals surface area contributed by atoms with E-state index in [0.29, 0.717) is 27.6 Å². The molecule has 0 saturated heterocycles. The lowest BCUT2D eigenvalue weighted by Gasteiger charge is -2.26. The number of carbonyl (C=O) groups excluding carboxylic acids is 1. The summed E-state index contributed by atoms with van der Waals surface area (Å²) in [4.78, 5) is 28.3. The fourth-order valence-corrected chi connectivity index (χ4v) is 2.39. The quantitative estimate of drug-likeness (QED) is 0.621. The number of aromatic amines is 1. The first kappa shape index (κ1) is 17.3. The lowest BCUT2D eigenvalue weighted by atomic mass is 10.0. The fourth-order valence-electron chi connectivity index (χ4n) is 2.22. The highest BCUT2D eigenvalue weighted by molar-refractivity contribution is 6.29. The molecule has 0 aliphatic carbocycles. The molecule has 1 amide bonds. The number of fused-ring (bicyclic) bond motifs is 1. The van der Waals surface area contributed by atoms with Gasteiger partial charge in [-0.05, 0) is 32.9 Å². The van der Waals surface area contributed by atoms with Crippen molar-refractivity contribution in [3.63, 3.8) is 0 Å². The van der Waals surface area contributed by atoms with Crippen molar-refractivity contribution in [3.8, 4) is 11.3 Å². The highest BCUT2D eigenvalue weighted by Crippen LogP contribution is 2.22. The SMILES string of the molecule is C[C@H](NC(=O)c1c[nH]c2ncc(-c3ccnc(Cl)c3)nc12)C(C)(C)O. The first-order valence-electron chi connectivity index (χ1n) is 7.75. The number of hydrogen-bond acceptors (Lipinski definition) is 5. The Morgan fingerprint density at radius 3 is 2.84 bits per heavy atom. The third kappa shape index (κ3) is 3.62. The van der Waals surface area contributed by atoms with Gasteiger partial charge >= 0.3 is 0 Å². The van der Waals surface area contributed by atoms with E-state index in [1.807, 2.05) is 0 Å². The fraction of sp³-hybridized carbons (Fsp3) is 0.294. The van der Waals surface area contributed by atoms with Gasteiger partial charge < -0.3 is 15.4 Å². The van der Waals surface area contributed by atoms with Gasteiger partial charge in [-0.2, -0.15) is 0 Å². The van der Waals surface area contributed by atoms with Gasteiger partial charge in [0.25, 0.3) is 5.91 Å². The van der Waals surface area contributed by atoms with Crippen molar-refractivity contribution in [3.05, 3.63) is 41.4 Å². The Labute approximate surface area is 149 Å². The monoisotopic (exact) mass is 359 g/mol. The number of H-pyrrole nitrogens is 1. The van der Waals surface area contributed by atoms with Gasteiger partial charge in [-0.25, -0.2) is 15.0 Å². The topological polar surface area (TPSA) is 104 Å². The molecular weight excluding hydrogens is 342 g/mol. The number of aliphatic hydroxyl groups is 1. The number of carbonyl (C=O) groups is 1. The van der Waals surface area contributed by atoms with Crippen LogP contribution < -0.4 is 5.32 Å². The van der Waals surface area contributed by atoms with Crippen molar-refractivity contribution >= 4 is 28.7 Å². The second-order valence-electron chi connectivity index (χ2n) is 6.37. The van der Waals surface area contributed by atoms with Crippen LogP contribution in [0.5, 0.6) is 0 Å². The lowest BCUT2D eigenvalue weighted by Crippen LogP contribution is -2.47. The van der Waals surface area contributed by atoms with Crippen LogP contribution in [-0.4, -0.2) is 42.6 Å². The van der Waals surface area contributed by atoms with Crippen LogP contribution in [0.2, 0.25) is 5.15 Å². The summed E-state index contributed by atoms with van der Waals surface area (Å²) in [7, 11) is 0. The summed E-state index contributed by atoms with van der Waals surface area (Å²) in [5, 5.41) is 13.1. The van der Waals surface area contributed by atoms with Crippen LogP contribution in [0, 0.1) is 0 Å². The molecule has 0 radical (unpaired) electrons. The minimum absolute atomic E-state index is 0.333.